The number of thioether (sulfide) groups is 1. The standard InChI is InChI=1S/C19H19N3O5S2/c1-3-27-16(23)10-21-17(24)15(29-19(21)28)9-22-14(18(25)26)8-13(20-22)12-6-4-11(2)5-7-12/h4-7,9,14H,3,8,10H2,1-2H3,(H,25,26)/b15-9-. The molecule has 1 aromatic rings. The van der Waals surface area contributed by atoms with Gasteiger partial charge >= 0.3 is 11.9 Å². The average Bonchev–Trinajstić information content (AvgIpc) is 3.20. The number of carboxylic acids is 1. The zero-order valence-electron chi connectivity index (χ0n) is 15.8. The van der Waals surface area contributed by atoms with E-state index in [1.807, 2.05) is 31.2 Å². The van der Waals surface area contributed by atoms with Gasteiger partial charge in [-0.25, -0.2) is 4.79 Å². The lowest BCUT2D eigenvalue weighted by Gasteiger charge is -2.16. The fourth-order valence-corrected chi connectivity index (χ4v) is 4.07. The molecule has 2 aliphatic heterocycles. The highest BCUT2D eigenvalue weighted by molar-refractivity contribution is 8.26. The fraction of sp³-hybridized carbons (Fsp3) is 0.316. The van der Waals surface area contributed by atoms with Gasteiger partial charge in [0.1, 0.15) is 10.9 Å². The van der Waals surface area contributed by atoms with E-state index in [1.54, 1.807) is 6.92 Å². The number of rotatable bonds is 6. The van der Waals surface area contributed by atoms with Gasteiger partial charge in [0.15, 0.2) is 6.04 Å². The zero-order chi connectivity index (χ0) is 21.1. The van der Waals surface area contributed by atoms with Crippen molar-refractivity contribution in [3.05, 3.63) is 46.5 Å². The molecule has 1 unspecified atom stereocenters. The maximum absolute atomic E-state index is 12.6. The van der Waals surface area contributed by atoms with Crippen LogP contribution in [0.5, 0.6) is 0 Å². The molecule has 152 valence electrons. The molecule has 0 spiro atoms. The minimum Gasteiger partial charge on any atom is -0.480 e. The Morgan fingerprint density at radius 3 is 2.69 bits per heavy atom. The number of carbonyl (C=O) groups is 3. The van der Waals surface area contributed by atoms with Gasteiger partial charge in [0.25, 0.3) is 5.91 Å². The van der Waals surface area contributed by atoms with Gasteiger partial charge in [-0.2, -0.15) is 5.10 Å². The van der Waals surface area contributed by atoms with Crippen LogP contribution in [0.25, 0.3) is 0 Å². The largest absolute Gasteiger partial charge is 0.480 e. The van der Waals surface area contributed by atoms with Gasteiger partial charge in [-0.05, 0) is 19.4 Å². The third-order valence-corrected chi connectivity index (χ3v) is 5.69. The molecule has 2 heterocycles. The molecular weight excluding hydrogens is 414 g/mol. The second kappa shape index (κ2) is 8.75. The molecule has 2 aliphatic rings. The lowest BCUT2D eigenvalue weighted by atomic mass is 10.0. The second-order valence-electron chi connectivity index (χ2n) is 6.41. The van der Waals surface area contributed by atoms with E-state index < -0.39 is 23.9 Å². The summed E-state index contributed by atoms with van der Waals surface area (Å²) in [4.78, 5) is 37.4. The Labute approximate surface area is 177 Å². The number of thiocarbonyl (C=S) groups is 1. The summed E-state index contributed by atoms with van der Waals surface area (Å²) in [6.07, 6.45) is 1.59. The number of amides is 1. The van der Waals surface area contributed by atoms with Gasteiger partial charge in [0.2, 0.25) is 0 Å². The van der Waals surface area contributed by atoms with Crippen molar-refractivity contribution in [2.45, 2.75) is 26.3 Å². The molecule has 29 heavy (non-hydrogen) atoms. The first-order chi connectivity index (χ1) is 13.8. The third-order valence-electron chi connectivity index (χ3n) is 4.33. The molecule has 1 N–H and O–H groups in total. The van der Waals surface area contributed by atoms with Gasteiger partial charge < -0.3 is 9.84 Å². The van der Waals surface area contributed by atoms with E-state index >= 15 is 0 Å². The highest BCUT2D eigenvalue weighted by Crippen LogP contribution is 2.33. The van der Waals surface area contributed by atoms with E-state index in [-0.39, 0.29) is 28.8 Å². The smallest absolute Gasteiger partial charge is 0.328 e. The van der Waals surface area contributed by atoms with Crippen LogP contribution in [-0.4, -0.2) is 62.1 Å². The van der Waals surface area contributed by atoms with Crippen molar-refractivity contribution in [1.29, 1.82) is 0 Å². The molecule has 0 radical (unpaired) electrons. The van der Waals surface area contributed by atoms with Crippen LogP contribution < -0.4 is 0 Å². The first-order valence-electron chi connectivity index (χ1n) is 8.87. The van der Waals surface area contributed by atoms with Gasteiger partial charge in [-0.3, -0.25) is 19.5 Å². The minimum atomic E-state index is -1.05. The first kappa shape index (κ1) is 21.0. The lowest BCUT2D eigenvalue weighted by molar-refractivity contribution is -0.145. The predicted octanol–water partition coefficient (Wildman–Crippen LogP) is 2.12. The number of nitrogens with zero attached hydrogens (tertiary/aromatic N) is 3. The number of hydrazone groups is 1. The molecule has 0 aromatic heterocycles. The number of aryl methyl sites for hydroxylation is 1. The fourth-order valence-electron chi connectivity index (χ4n) is 2.85. The third kappa shape index (κ3) is 4.65. The summed E-state index contributed by atoms with van der Waals surface area (Å²) in [6.45, 7) is 3.56. The van der Waals surface area contributed by atoms with E-state index in [4.69, 9.17) is 17.0 Å². The maximum atomic E-state index is 12.6. The zero-order valence-corrected chi connectivity index (χ0v) is 17.5. The van der Waals surface area contributed by atoms with Crippen molar-refractivity contribution >= 4 is 51.9 Å². The normalized spacial score (nSPS) is 20.4. The molecule has 1 atom stereocenters. The summed E-state index contributed by atoms with van der Waals surface area (Å²) in [5, 5.41) is 15.3. The molecule has 1 aromatic carbocycles. The Morgan fingerprint density at radius 2 is 2.07 bits per heavy atom. The van der Waals surface area contributed by atoms with Crippen LogP contribution in [0.3, 0.4) is 0 Å². The van der Waals surface area contributed by atoms with E-state index in [2.05, 4.69) is 5.10 Å². The number of esters is 1. The van der Waals surface area contributed by atoms with Crippen LogP contribution in [0.4, 0.5) is 0 Å². The van der Waals surface area contributed by atoms with E-state index in [0.717, 1.165) is 27.8 Å². The Hall–Kier alpha value is -2.72. The first-order valence-corrected chi connectivity index (χ1v) is 10.1. The van der Waals surface area contributed by atoms with Gasteiger partial charge in [0, 0.05) is 12.6 Å². The number of ether oxygens (including phenoxy) is 1. The van der Waals surface area contributed by atoms with Crippen LogP contribution in [0, 0.1) is 6.92 Å². The molecule has 10 heteroatoms. The van der Waals surface area contributed by atoms with Crippen molar-refractivity contribution in [2.24, 2.45) is 5.10 Å². The van der Waals surface area contributed by atoms with Crippen molar-refractivity contribution in [1.82, 2.24) is 9.91 Å². The maximum Gasteiger partial charge on any atom is 0.328 e. The summed E-state index contributed by atoms with van der Waals surface area (Å²) in [7, 11) is 0. The molecule has 8 nitrogen and oxygen atoms in total. The number of carboxylic acid groups (broad SMARTS) is 1. The van der Waals surface area contributed by atoms with Gasteiger partial charge in [0.05, 0.1) is 17.2 Å². The van der Waals surface area contributed by atoms with Crippen LogP contribution in [0.2, 0.25) is 0 Å². The number of benzene rings is 1. The topological polar surface area (TPSA) is 99.5 Å². The summed E-state index contributed by atoms with van der Waals surface area (Å²) in [5.41, 5.74) is 2.53. The number of hydrogen-bond acceptors (Lipinski definition) is 8. The Morgan fingerprint density at radius 1 is 1.38 bits per heavy atom. The van der Waals surface area contributed by atoms with E-state index in [9.17, 15) is 19.5 Å². The van der Waals surface area contributed by atoms with Crippen LogP contribution in [-0.2, 0) is 19.1 Å². The number of hydrogen-bond donors (Lipinski definition) is 1. The summed E-state index contributed by atoms with van der Waals surface area (Å²) < 4.78 is 5.07. The molecule has 1 saturated heterocycles. The van der Waals surface area contributed by atoms with Crippen molar-refractivity contribution in [3.8, 4) is 0 Å². The van der Waals surface area contributed by atoms with Crippen molar-refractivity contribution < 1.29 is 24.2 Å². The second-order valence-corrected chi connectivity index (χ2v) is 8.08. The quantitative estimate of drug-likeness (QED) is 0.414. The van der Waals surface area contributed by atoms with E-state index in [1.165, 1.54) is 11.2 Å². The molecule has 3 rings (SSSR count). The Kier molecular flexibility index (Phi) is 6.33. The number of aliphatic carboxylic acids is 1. The van der Waals surface area contributed by atoms with Crippen LogP contribution in [0.1, 0.15) is 24.5 Å². The summed E-state index contributed by atoms with van der Waals surface area (Å²) in [5.74, 6) is -2.08. The van der Waals surface area contributed by atoms with Gasteiger partial charge in [-0.15, -0.1) is 0 Å². The van der Waals surface area contributed by atoms with Crippen molar-refractivity contribution in [2.75, 3.05) is 13.2 Å². The Bertz CT molecular complexity index is 926. The monoisotopic (exact) mass is 433 g/mol. The Balaban J connectivity index is 1.83. The summed E-state index contributed by atoms with van der Waals surface area (Å²) >= 11 is 6.18. The number of carbonyl (C=O) groups excluding carboxylic acids is 2. The lowest BCUT2D eigenvalue weighted by Crippen LogP contribution is -2.35. The minimum absolute atomic E-state index is 0.202. The molecule has 0 saturated carbocycles. The van der Waals surface area contributed by atoms with Crippen LogP contribution >= 0.6 is 24.0 Å². The van der Waals surface area contributed by atoms with Crippen LogP contribution in [0.15, 0.2) is 40.5 Å². The average molecular weight is 434 g/mol. The molecule has 0 bridgehead atoms. The molecular formula is C19H19N3O5S2. The molecule has 1 amide bonds. The SMILES string of the molecule is CCOC(=O)CN1C(=O)/C(=C/N2N=C(c3ccc(C)cc3)CC2C(=O)O)SC1=S. The highest BCUT2D eigenvalue weighted by Gasteiger charge is 2.37. The predicted molar refractivity (Wildman–Crippen MR) is 112 cm³/mol. The van der Waals surface area contributed by atoms with Gasteiger partial charge in [-0.1, -0.05) is 53.8 Å². The molecule has 1 fully saturated rings. The molecule has 0 aliphatic carbocycles. The van der Waals surface area contributed by atoms with Crippen molar-refractivity contribution in [3.63, 3.8) is 0 Å². The summed E-state index contributed by atoms with van der Waals surface area (Å²) in [6, 6.07) is 6.69. The highest BCUT2D eigenvalue weighted by atomic mass is 32.2. The van der Waals surface area contributed by atoms with E-state index in [0.29, 0.717) is 5.71 Å².